The number of nitrogens with zero attached hydrogens (tertiary/aromatic N) is 1. The molecule has 1 aromatic rings. The van der Waals surface area contributed by atoms with Crippen LogP contribution in [0.2, 0.25) is 0 Å². The smallest absolute Gasteiger partial charge is 0.346 e. The number of carbonyl (C=O) groups is 4. The molecule has 2 aliphatic rings. The predicted octanol–water partition coefficient (Wildman–Crippen LogP) is 3.63. The standard InChI is InChI=1S/C27H29NO10/c1-7-26(4)20(37-23(30)16-8-10-18(11-9-16)28(33)34)12-17(15(2)3)14-27(26)19(13-21(29)35-5)22(24(31)36-6)25(32)38-27/h7-11,17,20H,1-2,12-14H2,3-6H3/t17-,20+,26+,27+/m1/s1. The number of hydrogen-bond donors (Lipinski definition) is 0. The zero-order valence-corrected chi connectivity index (χ0v) is 21.6. The first-order valence-corrected chi connectivity index (χ1v) is 11.7. The molecule has 0 N–H and O–H groups in total. The van der Waals surface area contributed by atoms with Crippen LogP contribution in [0.15, 0.2) is 60.2 Å². The molecule has 0 bridgehead atoms. The Morgan fingerprint density at radius 2 is 1.82 bits per heavy atom. The van der Waals surface area contributed by atoms with E-state index in [0.717, 1.165) is 7.11 Å². The summed E-state index contributed by atoms with van der Waals surface area (Å²) in [4.78, 5) is 61.7. The first kappa shape index (κ1) is 28.3. The second kappa shape index (κ2) is 10.6. The Hall–Kier alpha value is -4.28. The van der Waals surface area contributed by atoms with Gasteiger partial charge in [0, 0.05) is 17.7 Å². The average molecular weight is 528 g/mol. The van der Waals surface area contributed by atoms with E-state index in [4.69, 9.17) is 18.9 Å². The fraction of sp³-hybridized carbons (Fsp3) is 0.407. The van der Waals surface area contributed by atoms with Crippen molar-refractivity contribution in [2.75, 3.05) is 14.2 Å². The van der Waals surface area contributed by atoms with Gasteiger partial charge in [-0.25, -0.2) is 14.4 Å². The Bertz CT molecular complexity index is 1250. The van der Waals surface area contributed by atoms with E-state index in [1.807, 2.05) is 0 Å². The van der Waals surface area contributed by atoms with E-state index < -0.39 is 57.9 Å². The highest BCUT2D eigenvalue weighted by Crippen LogP contribution is 2.59. The highest BCUT2D eigenvalue weighted by Gasteiger charge is 2.66. The number of ether oxygens (including phenoxy) is 4. The lowest BCUT2D eigenvalue weighted by Gasteiger charge is -2.54. The van der Waals surface area contributed by atoms with Gasteiger partial charge in [-0.3, -0.25) is 14.9 Å². The van der Waals surface area contributed by atoms with Gasteiger partial charge in [-0.1, -0.05) is 18.2 Å². The van der Waals surface area contributed by atoms with Crippen molar-refractivity contribution < 1.29 is 43.0 Å². The maximum absolute atomic E-state index is 13.1. The number of allylic oxidation sites excluding steroid dienone is 1. The Kier molecular flexibility index (Phi) is 7.90. The molecule has 202 valence electrons. The highest BCUT2D eigenvalue weighted by atomic mass is 16.6. The van der Waals surface area contributed by atoms with Gasteiger partial charge >= 0.3 is 23.9 Å². The molecule has 0 saturated heterocycles. The van der Waals surface area contributed by atoms with Gasteiger partial charge in [0.25, 0.3) is 5.69 Å². The molecule has 0 radical (unpaired) electrons. The van der Waals surface area contributed by atoms with E-state index in [1.54, 1.807) is 13.8 Å². The van der Waals surface area contributed by atoms with Crippen LogP contribution in [0, 0.1) is 21.4 Å². The highest BCUT2D eigenvalue weighted by molar-refractivity contribution is 6.17. The zero-order chi connectivity index (χ0) is 28.4. The fourth-order valence-electron chi connectivity index (χ4n) is 5.12. The van der Waals surface area contributed by atoms with Gasteiger partial charge in [0.2, 0.25) is 0 Å². The Morgan fingerprint density at radius 1 is 1.18 bits per heavy atom. The van der Waals surface area contributed by atoms with Gasteiger partial charge in [0.1, 0.15) is 17.3 Å². The first-order chi connectivity index (χ1) is 17.8. The van der Waals surface area contributed by atoms with E-state index in [0.29, 0.717) is 5.57 Å². The molecule has 1 saturated carbocycles. The van der Waals surface area contributed by atoms with Crippen molar-refractivity contribution in [2.24, 2.45) is 11.3 Å². The van der Waals surface area contributed by atoms with Crippen molar-refractivity contribution in [3.8, 4) is 0 Å². The summed E-state index contributed by atoms with van der Waals surface area (Å²) in [6.07, 6.45) is 0.460. The van der Waals surface area contributed by atoms with Crippen molar-refractivity contribution in [2.45, 2.75) is 44.8 Å². The summed E-state index contributed by atoms with van der Waals surface area (Å²) in [5.41, 5.74) is -2.73. The number of rotatable bonds is 8. The summed E-state index contributed by atoms with van der Waals surface area (Å²) in [7, 11) is 2.27. The molecule has 1 aliphatic heterocycles. The third kappa shape index (κ3) is 4.71. The molecule has 11 nitrogen and oxygen atoms in total. The van der Waals surface area contributed by atoms with Crippen molar-refractivity contribution in [1.82, 2.24) is 0 Å². The third-order valence-electron chi connectivity index (χ3n) is 7.45. The number of nitro groups is 1. The lowest BCUT2D eigenvalue weighted by Crippen LogP contribution is -2.60. The van der Waals surface area contributed by atoms with Crippen LogP contribution in [-0.4, -0.2) is 54.7 Å². The van der Waals surface area contributed by atoms with E-state index in [9.17, 15) is 29.3 Å². The van der Waals surface area contributed by atoms with Crippen LogP contribution in [0.25, 0.3) is 0 Å². The number of carbonyl (C=O) groups excluding carboxylic acids is 4. The van der Waals surface area contributed by atoms with E-state index in [-0.39, 0.29) is 35.6 Å². The van der Waals surface area contributed by atoms with Crippen LogP contribution >= 0.6 is 0 Å². The van der Waals surface area contributed by atoms with Crippen molar-refractivity contribution in [3.05, 3.63) is 75.9 Å². The van der Waals surface area contributed by atoms with Crippen LogP contribution < -0.4 is 0 Å². The monoisotopic (exact) mass is 527 g/mol. The predicted molar refractivity (Wildman–Crippen MR) is 133 cm³/mol. The number of non-ortho nitro benzene ring substituents is 1. The first-order valence-electron chi connectivity index (χ1n) is 11.7. The number of esters is 4. The molecular formula is C27H29NO10. The minimum atomic E-state index is -1.62. The molecule has 1 heterocycles. The summed E-state index contributed by atoms with van der Waals surface area (Å²) < 4.78 is 21.5. The largest absolute Gasteiger partial charge is 0.469 e. The minimum Gasteiger partial charge on any atom is -0.469 e. The summed E-state index contributed by atoms with van der Waals surface area (Å²) in [6, 6.07) is 4.91. The second-order valence-corrected chi connectivity index (χ2v) is 9.48. The second-order valence-electron chi connectivity index (χ2n) is 9.48. The van der Waals surface area contributed by atoms with Crippen LogP contribution in [0.4, 0.5) is 5.69 Å². The molecule has 1 fully saturated rings. The lowest BCUT2D eigenvalue weighted by molar-refractivity contribution is -0.384. The quantitative estimate of drug-likeness (QED) is 0.122. The molecule has 1 spiro atoms. The molecule has 0 aromatic heterocycles. The summed E-state index contributed by atoms with van der Waals surface area (Å²) in [5, 5.41) is 11.0. The number of hydrogen-bond acceptors (Lipinski definition) is 10. The average Bonchev–Trinajstić information content (AvgIpc) is 3.16. The summed E-state index contributed by atoms with van der Waals surface area (Å²) >= 11 is 0. The Balaban J connectivity index is 2.15. The van der Waals surface area contributed by atoms with Gasteiger partial charge in [0.15, 0.2) is 0 Å². The molecule has 3 rings (SSSR count). The third-order valence-corrected chi connectivity index (χ3v) is 7.45. The van der Waals surface area contributed by atoms with Gasteiger partial charge < -0.3 is 18.9 Å². The van der Waals surface area contributed by atoms with Crippen LogP contribution in [-0.2, 0) is 33.3 Å². The fourth-order valence-corrected chi connectivity index (χ4v) is 5.12. The zero-order valence-electron chi connectivity index (χ0n) is 21.6. The SMILES string of the molecule is C=C[C@@]1(C)[C@@H](OC(=O)c2ccc([N+](=O)[O-])cc2)C[C@@H](C(=C)C)C[C@@]12OC(=O)C(C(=O)OC)=C2CC(=O)OC. The van der Waals surface area contributed by atoms with Gasteiger partial charge in [0.05, 0.1) is 36.5 Å². The van der Waals surface area contributed by atoms with Crippen LogP contribution in [0.1, 0.15) is 43.5 Å². The number of nitro benzene ring substituents is 1. The molecule has 4 atom stereocenters. The van der Waals surface area contributed by atoms with E-state index in [1.165, 1.54) is 37.5 Å². The molecular weight excluding hydrogens is 498 g/mol. The van der Waals surface area contributed by atoms with Gasteiger partial charge in [-0.15, -0.1) is 6.58 Å². The number of methoxy groups -OCH3 is 2. The number of benzene rings is 1. The van der Waals surface area contributed by atoms with Crippen LogP contribution in [0.5, 0.6) is 0 Å². The molecule has 11 heteroatoms. The topological polar surface area (TPSA) is 148 Å². The molecule has 38 heavy (non-hydrogen) atoms. The van der Waals surface area contributed by atoms with Crippen LogP contribution in [0.3, 0.4) is 0 Å². The minimum absolute atomic E-state index is 0.0472. The maximum atomic E-state index is 13.1. The Labute approximate surface area is 219 Å². The molecule has 0 unspecified atom stereocenters. The molecule has 1 aliphatic carbocycles. The van der Waals surface area contributed by atoms with E-state index in [2.05, 4.69) is 13.2 Å². The molecule has 1 aromatic carbocycles. The Morgan fingerprint density at radius 3 is 2.32 bits per heavy atom. The summed E-state index contributed by atoms with van der Waals surface area (Å²) in [5.74, 6) is -3.80. The van der Waals surface area contributed by atoms with Gasteiger partial charge in [-0.2, -0.15) is 0 Å². The lowest BCUT2D eigenvalue weighted by atomic mass is 9.55. The molecule has 0 amide bonds. The van der Waals surface area contributed by atoms with Crippen molar-refractivity contribution >= 4 is 29.6 Å². The van der Waals surface area contributed by atoms with Crippen molar-refractivity contribution in [1.29, 1.82) is 0 Å². The maximum Gasteiger partial charge on any atom is 0.346 e. The summed E-state index contributed by atoms with van der Waals surface area (Å²) in [6.45, 7) is 11.4. The van der Waals surface area contributed by atoms with Gasteiger partial charge in [-0.05, 0) is 44.7 Å². The van der Waals surface area contributed by atoms with Crippen molar-refractivity contribution in [3.63, 3.8) is 0 Å². The van der Waals surface area contributed by atoms with E-state index >= 15 is 0 Å². The normalized spacial score (nSPS) is 26.4.